The first-order valence-corrected chi connectivity index (χ1v) is 8.35. The Morgan fingerprint density at radius 3 is 2.74 bits per heavy atom. The number of nitrogens with zero attached hydrogens (tertiary/aromatic N) is 2. The molecular formula is C18H20F2N6O. The first kappa shape index (κ1) is 18.6. The van der Waals surface area contributed by atoms with Crippen molar-refractivity contribution in [3.05, 3.63) is 41.2 Å². The van der Waals surface area contributed by atoms with Crippen LogP contribution >= 0.6 is 0 Å². The summed E-state index contributed by atoms with van der Waals surface area (Å²) in [5.41, 5.74) is 7.70. The molecule has 0 aliphatic heterocycles. The summed E-state index contributed by atoms with van der Waals surface area (Å²) in [4.78, 5) is 6.93. The molecule has 7 nitrogen and oxygen atoms in total. The van der Waals surface area contributed by atoms with Gasteiger partial charge in [0.1, 0.15) is 5.84 Å². The molecular weight excluding hydrogens is 354 g/mol. The highest BCUT2D eigenvalue weighted by Gasteiger charge is 2.19. The second-order valence-corrected chi connectivity index (χ2v) is 6.56. The Morgan fingerprint density at radius 1 is 1.33 bits per heavy atom. The number of H-pyrrole nitrogens is 2. The van der Waals surface area contributed by atoms with Crippen LogP contribution in [0.2, 0.25) is 0 Å². The third kappa shape index (κ3) is 3.97. The van der Waals surface area contributed by atoms with E-state index in [4.69, 9.17) is 15.9 Å². The van der Waals surface area contributed by atoms with Crippen LogP contribution in [-0.2, 0) is 0 Å². The number of nitrogens with two attached hydrogens (primary N) is 1. The van der Waals surface area contributed by atoms with Gasteiger partial charge in [0.05, 0.1) is 11.9 Å². The van der Waals surface area contributed by atoms with Crippen molar-refractivity contribution < 1.29 is 13.5 Å². The van der Waals surface area contributed by atoms with E-state index in [1.165, 1.54) is 0 Å². The molecule has 0 spiro atoms. The van der Waals surface area contributed by atoms with E-state index < -0.39 is 23.3 Å². The van der Waals surface area contributed by atoms with Gasteiger partial charge in [-0.3, -0.25) is 10.5 Å². The monoisotopic (exact) mass is 374 g/mol. The fourth-order valence-electron chi connectivity index (χ4n) is 2.61. The molecule has 142 valence electrons. The van der Waals surface area contributed by atoms with Crippen molar-refractivity contribution in [1.82, 2.24) is 15.2 Å². The maximum absolute atomic E-state index is 14.5. The normalized spacial score (nSPS) is 12.1. The Bertz CT molecular complexity index is 1030. The van der Waals surface area contributed by atoms with E-state index in [-0.39, 0.29) is 23.6 Å². The summed E-state index contributed by atoms with van der Waals surface area (Å²) in [5.74, 6) is -2.19. The van der Waals surface area contributed by atoms with Gasteiger partial charge in [0.25, 0.3) is 0 Å². The molecule has 1 aromatic carbocycles. The SMILES string of the molecule is Cc1cc2c(F)c(OC(=N)CC(N)=Nc3cc(C(C)C)[nH]n3)c(F)cc2[nH]1. The Hall–Kier alpha value is -3.23. The van der Waals surface area contributed by atoms with Crippen LogP contribution in [0.3, 0.4) is 0 Å². The summed E-state index contributed by atoms with van der Waals surface area (Å²) >= 11 is 0. The number of aliphatic imine (C=N–C) groups is 1. The molecule has 0 saturated heterocycles. The van der Waals surface area contributed by atoms with Crippen molar-refractivity contribution in [2.45, 2.75) is 33.1 Å². The number of hydrogen-bond acceptors (Lipinski definition) is 4. The average molecular weight is 374 g/mol. The first-order valence-electron chi connectivity index (χ1n) is 8.35. The third-order valence-electron chi connectivity index (χ3n) is 3.94. The summed E-state index contributed by atoms with van der Waals surface area (Å²) in [6.07, 6.45) is -0.215. The molecule has 0 saturated carbocycles. The van der Waals surface area contributed by atoms with E-state index in [2.05, 4.69) is 20.2 Å². The quantitative estimate of drug-likeness (QED) is 0.399. The van der Waals surface area contributed by atoms with E-state index in [1.807, 2.05) is 13.8 Å². The van der Waals surface area contributed by atoms with Gasteiger partial charge in [-0.1, -0.05) is 13.8 Å². The summed E-state index contributed by atoms with van der Waals surface area (Å²) in [5, 5.41) is 14.9. The van der Waals surface area contributed by atoms with Crippen LogP contribution in [0, 0.1) is 24.0 Å². The molecule has 9 heteroatoms. The predicted octanol–water partition coefficient (Wildman–Crippen LogP) is 4.04. The number of nitrogens with one attached hydrogen (secondary N) is 3. The van der Waals surface area contributed by atoms with E-state index >= 15 is 0 Å². The van der Waals surface area contributed by atoms with E-state index in [1.54, 1.807) is 19.1 Å². The van der Waals surface area contributed by atoms with Gasteiger partial charge >= 0.3 is 0 Å². The van der Waals surface area contributed by atoms with Crippen LogP contribution in [-0.4, -0.2) is 26.9 Å². The van der Waals surface area contributed by atoms with Crippen molar-refractivity contribution in [2.24, 2.45) is 10.7 Å². The zero-order valence-electron chi connectivity index (χ0n) is 15.2. The molecule has 5 N–H and O–H groups in total. The molecule has 0 atom stereocenters. The minimum absolute atomic E-state index is 0.0428. The van der Waals surface area contributed by atoms with Crippen molar-refractivity contribution in [1.29, 1.82) is 5.41 Å². The number of benzene rings is 1. The highest BCUT2D eigenvalue weighted by Crippen LogP contribution is 2.30. The van der Waals surface area contributed by atoms with Gasteiger partial charge in [-0.25, -0.2) is 13.8 Å². The number of amidine groups is 1. The van der Waals surface area contributed by atoms with Crippen LogP contribution in [0.1, 0.15) is 37.6 Å². The standard InChI is InChI=1S/C18H20F2N6O/c1-8(2)12-6-16(26-25-12)24-14(21)7-15(22)27-18-11(19)5-13-10(17(18)20)4-9(3)23-13/h4-6,8,22-23H,7H2,1-3H3,(H3,21,24,25,26). The fraction of sp³-hybridized carbons (Fsp3) is 0.278. The molecule has 3 rings (SSSR count). The Balaban J connectivity index is 1.75. The molecule has 27 heavy (non-hydrogen) atoms. The van der Waals surface area contributed by atoms with Crippen molar-refractivity contribution >= 4 is 28.5 Å². The summed E-state index contributed by atoms with van der Waals surface area (Å²) in [6, 6.07) is 4.41. The molecule has 0 unspecified atom stereocenters. The number of aromatic nitrogens is 3. The zero-order chi connectivity index (χ0) is 19.7. The van der Waals surface area contributed by atoms with Gasteiger partial charge < -0.3 is 15.5 Å². The molecule has 2 heterocycles. The second kappa shape index (κ2) is 7.18. The lowest BCUT2D eigenvalue weighted by molar-refractivity contribution is 0.445. The fourth-order valence-corrected chi connectivity index (χ4v) is 2.61. The maximum Gasteiger partial charge on any atom is 0.201 e. The largest absolute Gasteiger partial charge is 0.437 e. The summed E-state index contributed by atoms with van der Waals surface area (Å²) in [7, 11) is 0. The number of rotatable bonds is 5. The van der Waals surface area contributed by atoms with Gasteiger partial charge in [0.2, 0.25) is 5.75 Å². The van der Waals surface area contributed by atoms with Crippen molar-refractivity contribution in [2.75, 3.05) is 0 Å². The van der Waals surface area contributed by atoms with Crippen LogP contribution in [0.25, 0.3) is 10.9 Å². The molecule has 0 amide bonds. The number of halogens is 2. The number of aryl methyl sites for hydroxylation is 1. The molecule has 2 aromatic heterocycles. The summed E-state index contributed by atoms with van der Waals surface area (Å²) < 4.78 is 33.7. The average Bonchev–Trinajstić information content (AvgIpc) is 3.17. The lowest BCUT2D eigenvalue weighted by atomic mass is 10.1. The van der Waals surface area contributed by atoms with Crippen LogP contribution in [0.5, 0.6) is 5.75 Å². The number of ether oxygens (including phenoxy) is 1. The van der Waals surface area contributed by atoms with Gasteiger partial charge in [-0.2, -0.15) is 5.10 Å². The lowest BCUT2D eigenvalue weighted by Gasteiger charge is -2.09. The maximum atomic E-state index is 14.5. The van der Waals surface area contributed by atoms with Crippen LogP contribution in [0.15, 0.2) is 23.2 Å². The van der Waals surface area contributed by atoms with E-state index in [9.17, 15) is 8.78 Å². The molecule has 0 bridgehead atoms. The molecule has 0 aliphatic rings. The minimum Gasteiger partial charge on any atom is -0.437 e. The highest BCUT2D eigenvalue weighted by molar-refractivity contribution is 5.99. The van der Waals surface area contributed by atoms with Crippen molar-refractivity contribution in [3.63, 3.8) is 0 Å². The lowest BCUT2D eigenvalue weighted by Crippen LogP contribution is -2.20. The number of hydrogen-bond donors (Lipinski definition) is 4. The smallest absolute Gasteiger partial charge is 0.201 e. The predicted molar refractivity (Wildman–Crippen MR) is 99.9 cm³/mol. The van der Waals surface area contributed by atoms with Crippen LogP contribution < -0.4 is 10.5 Å². The Kier molecular flexibility index (Phi) is 4.93. The van der Waals surface area contributed by atoms with Crippen LogP contribution in [0.4, 0.5) is 14.6 Å². The molecule has 3 aromatic rings. The minimum atomic E-state index is -0.906. The molecule has 0 aliphatic carbocycles. The third-order valence-corrected chi connectivity index (χ3v) is 3.94. The van der Waals surface area contributed by atoms with Gasteiger partial charge in [0, 0.05) is 28.9 Å². The van der Waals surface area contributed by atoms with E-state index in [0.717, 1.165) is 11.8 Å². The first-order chi connectivity index (χ1) is 12.7. The summed E-state index contributed by atoms with van der Waals surface area (Å²) in [6.45, 7) is 5.73. The van der Waals surface area contributed by atoms with Gasteiger partial charge in [-0.05, 0) is 18.9 Å². The number of aromatic amines is 2. The molecule has 0 fully saturated rings. The highest BCUT2D eigenvalue weighted by atomic mass is 19.1. The Labute approximate surface area is 154 Å². The number of fused-ring (bicyclic) bond motifs is 1. The van der Waals surface area contributed by atoms with Crippen molar-refractivity contribution in [3.8, 4) is 5.75 Å². The Morgan fingerprint density at radius 2 is 2.07 bits per heavy atom. The van der Waals surface area contributed by atoms with Gasteiger partial charge in [-0.15, -0.1) is 0 Å². The van der Waals surface area contributed by atoms with Gasteiger partial charge in [0.15, 0.2) is 23.4 Å². The second-order valence-electron chi connectivity index (χ2n) is 6.56. The molecule has 0 radical (unpaired) electrons. The van der Waals surface area contributed by atoms with E-state index in [0.29, 0.717) is 17.0 Å². The zero-order valence-corrected chi connectivity index (χ0v) is 15.2. The topological polar surface area (TPSA) is 116 Å².